The highest BCUT2D eigenvalue weighted by Crippen LogP contribution is 2.55. The Morgan fingerprint density at radius 1 is 0.613 bits per heavy atom. The fourth-order valence-corrected chi connectivity index (χ4v) is 21.7. The van der Waals surface area contributed by atoms with E-state index in [9.17, 15) is 9.59 Å². The van der Waals surface area contributed by atoms with E-state index >= 15 is 0 Å². The van der Waals surface area contributed by atoms with Crippen molar-refractivity contribution < 1.29 is 9.59 Å². The van der Waals surface area contributed by atoms with Crippen LogP contribution in [-0.4, -0.2) is 43.1 Å². The number of urea groups is 1. The van der Waals surface area contributed by atoms with E-state index in [1.807, 2.05) is 4.57 Å². The van der Waals surface area contributed by atoms with Gasteiger partial charge in [0.15, 0.2) is 16.5 Å². The lowest BCUT2D eigenvalue weighted by atomic mass is 9.93. The second kappa shape index (κ2) is 9.70. The van der Waals surface area contributed by atoms with E-state index in [1.165, 1.54) is 0 Å². The smallest absolute Gasteiger partial charge is 0.311 e. The van der Waals surface area contributed by atoms with Gasteiger partial charge in [-0.05, 0) is 46.1 Å². The van der Waals surface area contributed by atoms with E-state index in [0.717, 1.165) is 0 Å². The molecular weight excluding hydrogens is 416 g/mol. The monoisotopic (exact) mass is 468 g/mol. The molecule has 1 rings (SSSR count). The van der Waals surface area contributed by atoms with E-state index in [4.69, 9.17) is 0 Å². The largest absolute Gasteiger partial charge is 0.337 e. The summed E-state index contributed by atoms with van der Waals surface area (Å²) in [5, 5.41) is 0. The summed E-state index contributed by atoms with van der Waals surface area (Å²) in [6, 6.07) is 0.0548. The Kier molecular flexibility index (Phi) is 8.89. The van der Waals surface area contributed by atoms with E-state index in [1.54, 1.807) is 0 Å². The third kappa shape index (κ3) is 3.68. The zero-order valence-electron chi connectivity index (χ0n) is 23.1. The van der Waals surface area contributed by atoms with Gasteiger partial charge in [0.1, 0.15) is 5.54 Å². The maximum Gasteiger partial charge on any atom is 0.311 e. The lowest BCUT2D eigenvalue weighted by molar-refractivity contribution is -0.130. The van der Waals surface area contributed by atoms with Crippen LogP contribution in [-0.2, 0) is 4.79 Å². The zero-order chi connectivity index (χ0) is 24.7. The first-order chi connectivity index (χ1) is 14.1. The Balaban J connectivity index is 4.09. The summed E-state index contributed by atoms with van der Waals surface area (Å²) >= 11 is 0. The number of amides is 3. The van der Waals surface area contributed by atoms with Gasteiger partial charge in [-0.3, -0.25) is 9.36 Å². The molecule has 0 unspecified atom stereocenters. The summed E-state index contributed by atoms with van der Waals surface area (Å²) in [6.45, 7) is 31.5. The minimum Gasteiger partial charge on any atom is -0.337 e. The average molecular weight is 469 g/mol. The molecule has 1 aliphatic rings. The fraction of sp³-hybridized carbons (Fsp3) is 0.920. The third-order valence-electron chi connectivity index (χ3n) is 8.91. The molecule has 1 aliphatic heterocycles. The summed E-state index contributed by atoms with van der Waals surface area (Å²) < 4.78 is 4.17. The maximum absolute atomic E-state index is 14.7. The molecule has 1 saturated heterocycles. The van der Waals surface area contributed by atoms with Crippen molar-refractivity contribution in [2.24, 2.45) is 0 Å². The van der Waals surface area contributed by atoms with Gasteiger partial charge in [-0.2, -0.15) is 0 Å². The second-order valence-corrected chi connectivity index (χ2v) is 23.1. The number of hydrogen-bond donors (Lipinski definition) is 0. The Labute approximate surface area is 195 Å². The molecule has 1 heterocycles. The van der Waals surface area contributed by atoms with Crippen molar-refractivity contribution in [3.05, 3.63) is 0 Å². The van der Waals surface area contributed by atoms with Crippen molar-refractivity contribution in [2.45, 2.75) is 149 Å². The van der Waals surface area contributed by atoms with Crippen LogP contribution in [0.5, 0.6) is 0 Å². The number of nitrogens with zero attached hydrogens (tertiary/aromatic N) is 2. The zero-order valence-corrected chi connectivity index (χ0v) is 25.1. The number of imide groups is 1. The normalized spacial score (nSPS) is 18.3. The lowest BCUT2D eigenvalue weighted by Crippen LogP contribution is -2.68. The molecular formula is C25H52N2O2Si2. The topological polar surface area (TPSA) is 40.6 Å². The summed E-state index contributed by atoms with van der Waals surface area (Å²) in [6.07, 6.45) is 1.40. The van der Waals surface area contributed by atoms with Crippen LogP contribution in [0.2, 0.25) is 33.2 Å². The number of carbonyl (C=O) groups is 2. The summed E-state index contributed by atoms with van der Waals surface area (Å²) in [4.78, 5) is 29.2. The van der Waals surface area contributed by atoms with Gasteiger partial charge in [0.05, 0.1) is 0 Å². The van der Waals surface area contributed by atoms with Gasteiger partial charge in [0.25, 0.3) is 0 Å². The molecule has 31 heavy (non-hydrogen) atoms. The van der Waals surface area contributed by atoms with E-state index in [2.05, 4.69) is 101 Å². The van der Waals surface area contributed by atoms with Crippen LogP contribution in [0.25, 0.3) is 0 Å². The highest BCUT2D eigenvalue weighted by atomic mass is 28.3. The van der Waals surface area contributed by atoms with Crippen LogP contribution in [0.1, 0.15) is 110 Å². The highest BCUT2D eigenvalue weighted by molar-refractivity contribution is 6.88. The minimum atomic E-state index is -2.45. The van der Waals surface area contributed by atoms with Crippen LogP contribution in [0.3, 0.4) is 0 Å². The maximum atomic E-state index is 14.7. The molecule has 0 radical (unpaired) electrons. The van der Waals surface area contributed by atoms with E-state index < -0.39 is 22.0 Å². The number of hydrogen-bond acceptors (Lipinski definition) is 2. The van der Waals surface area contributed by atoms with Gasteiger partial charge in [-0.15, -0.1) is 0 Å². The van der Waals surface area contributed by atoms with Crippen LogP contribution in [0, 0.1) is 0 Å². The predicted octanol–water partition coefficient (Wildman–Crippen LogP) is 8.16. The van der Waals surface area contributed by atoms with Crippen molar-refractivity contribution in [2.75, 3.05) is 0 Å². The third-order valence-corrected chi connectivity index (χ3v) is 22.6. The summed E-state index contributed by atoms with van der Waals surface area (Å²) in [5.41, 5.74) is 1.42. The fourth-order valence-electron chi connectivity index (χ4n) is 7.97. The van der Waals surface area contributed by atoms with Crippen molar-refractivity contribution in [3.63, 3.8) is 0 Å². The molecule has 182 valence electrons. The molecule has 0 aromatic rings. The van der Waals surface area contributed by atoms with Gasteiger partial charge >= 0.3 is 6.03 Å². The van der Waals surface area contributed by atoms with Crippen LogP contribution in [0.4, 0.5) is 4.79 Å². The second-order valence-electron chi connectivity index (χ2n) is 11.7. The Morgan fingerprint density at radius 2 is 0.903 bits per heavy atom. The SMILES string of the molecule is CCC1(CC)C(=O)N([Si](C(C)C)(C(C)C)C(C)C)C(=O)N1[Si](C(C)C)(C(C)C)C(C)C. The van der Waals surface area contributed by atoms with Crippen molar-refractivity contribution >= 4 is 28.4 Å². The molecule has 1 fully saturated rings. The van der Waals surface area contributed by atoms with Crippen molar-refractivity contribution in [3.8, 4) is 0 Å². The molecule has 0 aromatic heterocycles. The van der Waals surface area contributed by atoms with Gasteiger partial charge in [0.2, 0.25) is 5.91 Å². The first-order valence-corrected chi connectivity index (χ1v) is 17.1. The van der Waals surface area contributed by atoms with E-state index in [-0.39, 0.29) is 11.9 Å². The van der Waals surface area contributed by atoms with Gasteiger partial charge in [0, 0.05) is 0 Å². The molecule has 0 saturated carbocycles. The Hall–Kier alpha value is -0.626. The number of carbonyl (C=O) groups excluding carboxylic acids is 2. The standard InChI is InChI=1S/C25H52N2O2Si2/c1-15-25(16-2)23(28)26(30(17(3)4,18(5)6)19(7)8)24(29)27(25)31(20(9)10,21(11)12)22(13)14/h17-22H,15-16H2,1-14H3. The molecule has 0 spiro atoms. The lowest BCUT2D eigenvalue weighted by Gasteiger charge is -2.54. The van der Waals surface area contributed by atoms with Crippen molar-refractivity contribution in [1.29, 1.82) is 0 Å². The van der Waals surface area contributed by atoms with Gasteiger partial charge in [-0.25, -0.2) is 4.79 Å². The Morgan fingerprint density at radius 3 is 1.13 bits per heavy atom. The molecule has 6 heteroatoms. The van der Waals surface area contributed by atoms with E-state index in [0.29, 0.717) is 46.1 Å². The molecule has 4 nitrogen and oxygen atoms in total. The molecule has 3 amide bonds. The first kappa shape index (κ1) is 28.4. The van der Waals surface area contributed by atoms with Crippen molar-refractivity contribution in [1.82, 2.24) is 9.13 Å². The average Bonchev–Trinajstić information content (AvgIpc) is 2.84. The Bertz CT molecular complexity index is 608. The van der Waals surface area contributed by atoms with Crippen LogP contribution < -0.4 is 0 Å². The predicted molar refractivity (Wildman–Crippen MR) is 139 cm³/mol. The molecule has 0 atom stereocenters. The first-order valence-electron chi connectivity index (χ1n) is 12.8. The van der Waals surface area contributed by atoms with Gasteiger partial charge < -0.3 is 4.57 Å². The van der Waals surface area contributed by atoms with Crippen LogP contribution >= 0.6 is 0 Å². The summed E-state index contributed by atoms with van der Waals surface area (Å²) in [7, 11) is -4.81. The van der Waals surface area contributed by atoms with Crippen LogP contribution in [0.15, 0.2) is 0 Å². The van der Waals surface area contributed by atoms with Gasteiger partial charge in [-0.1, -0.05) is 96.9 Å². The highest BCUT2D eigenvalue weighted by Gasteiger charge is 2.69. The molecule has 0 bridgehead atoms. The number of rotatable bonds is 10. The molecule has 0 aliphatic carbocycles. The molecule has 0 aromatic carbocycles. The summed E-state index contributed by atoms with van der Waals surface area (Å²) in [5.74, 6) is 0.115. The molecule has 0 N–H and O–H groups in total. The minimum absolute atomic E-state index is 0.0548. The quantitative estimate of drug-likeness (QED) is 0.239.